The zero-order valence-electron chi connectivity index (χ0n) is 13.0. The molecule has 4 N–H and O–H groups in total. The van der Waals surface area contributed by atoms with E-state index in [9.17, 15) is 9.59 Å². The zero-order chi connectivity index (χ0) is 16.4. The van der Waals surface area contributed by atoms with Gasteiger partial charge < -0.3 is 25.8 Å². The summed E-state index contributed by atoms with van der Waals surface area (Å²) >= 11 is 0. The molecule has 0 saturated heterocycles. The van der Waals surface area contributed by atoms with Crippen molar-refractivity contribution in [3.05, 3.63) is 18.2 Å². The van der Waals surface area contributed by atoms with Crippen LogP contribution in [0.5, 0.6) is 11.5 Å². The van der Waals surface area contributed by atoms with Crippen LogP contribution in [-0.4, -0.2) is 38.6 Å². The number of benzene rings is 1. The standard InChI is InChI=1S/C15H23N3O4/c1-3-4-7-22-13-6-5-11(21-2)8-12(13)18-15(20)10-17-14(19)9-16/h5-6,8H,3-4,7,9-10,16H2,1-2H3,(H,17,19)(H,18,20). The third-order valence-corrected chi connectivity index (χ3v) is 2.85. The van der Waals surface area contributed by atoms with Gasteiger partial charge in [0.15, 0.2) is 0 Å². The minimum atomic E-state index is -0.389. The fraction of sp³-hybridized carbons (Fsp3) is 0.467. The maximum absolute atomic E-state index is 11.9. The molecular weight excluding hydrogens is 286 g/mol. The first-order valence-corrected chi connectivity index (χ1v) is 7.18. The van der Waals surface area contributed by atoms with E-state index in [1.54, 1.807) is 25.3 Å². The van der Waals surface area contributed by atoms with Crippen LogP contribution in [0.4, 0.5) is 5.69 Å². The second-order valence-corrected chi connectivity index (χ2v) is 4.59. The fourth-order valence-electron chi connectivity index (χ4n) is 1.63. The predicted molar refractivity (Wildman–Crippen MR) is 84.1 cm³/mol. The van der Waals surface area contributed by atoms with Crippen molar-refractivity contribution < 1.29 is 19.1 Å². The van der Waals surface area contributed by atoms with Gasteiger partial charge in [0.2, 0.25) is 11.8 Å². The Hall–Kier alpha value is -2.28. The summed E-state index contributed by atoms with van der Waals surface area (Å²) in [6.07, 6.45) is 1.94. The summed E-state index contributed by atoms with van der Waals surface area (Å²) in [5, 5.41) is 5.10. The van der Waals surface area contributed by atoms with Crippen LogP contribution < -0.4 is 25.8 Å². The summed E-state index contributed by atoms with van der Waals surface area (Å²) < 4.78 is 10.8. The second kappa shape index (κ2) is 9.62. The lowest BCUT2D eigenvalue weighted by molar-refractivity contribution is -0.123. The van der Waals surface area contributed by atoms with Crippen LogP contribution in [0, 0.1) is 0 Å². The third-order valence-electron chi connectivity index (χ3n) is 2.85. The molecule has 0 aromatic heterocycles. The number of hydrogen-bond acceptors (Lipinski definition) is 5. The van der Waals surface area contributed by atoms with Crippen molar-refractivity contribution in [3.63, 3.8) is 0 Å². The molecule has 0 fully saturated rings. The molecule has 7 nitrogen and oxygen atoms in total. The van der Waals surface area contributed by atoms with E-state index in [2.05, 4.69) is 17.6 Å². The molecule has 1 aromatic rings. The van der Waals surface area contributed by atoms with E-state index in [0.717, 1.165) is 12.8 Å². The summed E-state index contributed by atoms with van der Waals surface area (Å²) in [4.78, 5) is 22.9. The maximum atomic E-state index is 11.9. The minimum Gasteiger partial charge on any atom is -0.497 e. The number of hydrogen-bond donors (Lipinski definition) is 3. The molecule has 122 valence electrons. The average molecular weight is 309 g/mol. The Balaban J connectivity index is 2.72. The van der Waals surface area contributed by atoms with Crippen molar-refractivity contribution in [2.24, 2.45) is 5.73 Å². The molecule has 0 aliphatic heterocycles. The van der Waals surface area contributed by atoms with E-state index in [4.69, 9.17) is 15.2 Å². The molecule has 1 rings (SSSR count). The molecule has 1 aromatic carbocycles. The molecule has 0 atom stereocenters. The first-order chi connectivity index (χ1) is 10.6. The van der Waals surface area contributed by atoms with Gasteiger partial charge in [-0.1, -0.05) is 13.3 Å². The smallest absolute Gasteiger partial charge is 0.243 e. The molecule has 0 unspecified atom stereocenters. The van der Waals surface area contributed by atoms with E-state index in [1.165, 1.54) is 0 Å². The topological polar surface area (TPSA) is 103 Å². The van der Waals surface area contributed by atoms with Gasteiger partial charge in [0.05, 0.1) is 32.5 Å². The van der Waals surface area contributed by atoms with Crippen LogP contribution in [0.25, 0.3) is 0 Å². The summed E-state index contributed by atoms with van der Waals surface area (Å²) in [6.45, 7) is 2.33. The highest BCUT2D eigenvalue weighted by atomic mass is 16.5. The summed E-state index contributed by atoms with van der Waals surface area (Å²) in [5.41, 5.74) is 5.66. The number of unbranched alkanes of at least 4 members (excludes halogenated alkanes) is 1. The molecular formula is C15H23N3O4. The number of nitrogens with two attached hydrogens (primary N) is 1. The quantitative estimate of drug-likeness (QED) is 0.588. The first-order valence-electron chi connectivity index (χ1n) is 7.18. The Kier molecular flexibility index (Phi) is 7.77. The number of methoxy groups -OCH3 is 1. The van der Waals surface area contributed by atoms with Crippen LogP contribution in [0.3, 0.4) is 0 Å². The normalized spacial score (nSPS) is 9.95. The van der Waals surface area contributed by atoms with Crippen molar-refractivity contribution in [2.75, 3.05) is 32.1 Å². The molecule has 2 amide bonds. The summed E-state index contributed by atoms with van der Waals surface area (Å²) in [6, 6.07) is 5.17. The Morgan fingerprint density at radius 3 is 2.68 bits per heavy atom. The van der Waals surface area contributed by atoms with Gasteiger partial charge in [0, 0.05) is 6.07 Å². The molecule has 0 heterocycles. The van der Waals surface area contributed by atoms with Crippen molar-refractivity contribution in [1.29, 1.82) is 0 Å². The largest absolute Gasteiger partial charge is 0.497 e. The molecule has 0 saturated carbocycles. The van der Waals surface area contributed by atoms with Crippen LogP contribution in [0.2, 0.25) is 0 Å². The Labute approximate surface area is 130 Å². The highest BCUT2D eigenvalue weighted by Gasteiger charge is 2.10. The SMILES string of the molecule is CCCCOc1ccc(OC)cc1NC(=O)CNC(=O)CN. The average Bonchev–Trinajstić information content (AvgIpc) is 2.54. The lowest BCUT2D eigenvalue weighted by Gasteiger charge is -2.14. The number of carbonyl (C=O) groups excluding carboxylic acids is 2. The van der Waals surface area contributed by atoms with Crippen molar-refractivity contribution in [3.8, 4) is 11.5 Å². The first kappa shape index (κ1) is 17.8. The molecule has 0 spiro atoms. The predicted octanol–water partition coefficient (Wildman–Crippen LogP) is 0.888. The summed E-state index contributed by atoms with van der Waals surface area (Å²) in [7, 11) is 1.54. The lowest BCUT2D eigenvalue weighted by Crippen LogP contribution is -2.36. The van der Waals surface area contributed by atoms with E-state index in [1.807, 2.05) is 0 Å². The molecule has 0 bridgehead atoms. The number of amides is 2. The number of carbonyl (C=O) groups is 2. The molecule has 0 aliphatic carbocycles. The van der Waals surface area contributed by atoms with Gasteiger partial charge >= 0.3 is 0 Å². The van der Waals surface area contributed by atoms with Gasteiger partial charge in [-0.2, -0.15) is 0 Å². The van der Waals surface area contributed by atoms with Gasteiger partial charge in [-0.25, -0.2) is 0 Å². The third kappa shape index (κ3) is 6.01. The monoisotopic (exact) mass is 309 g/mol. The number of nitrogens with one attached hydrogen (secondary N) is 2. The van der Waals surface area contributed by atoms with Gasteiger partial charge in [-0.3, -0.25) is 9.59 Å². The van der Waals surface area contributed by atoms with E-state index < -0.39 is 0 Å². The van der Waals surface area contributed by atoms with E-state index in [-0.39, 0.29) is 24.9 Å². The van der Waals surface area contributed by atoms with Crippen molar-refractivity contribution in [1.82, 2.24) is 5.32 Å². The Morgan fingerprint density at radius 1 is 1.27 bits per heavy atom. The van der Waals surface area contributed by atoms with E-state index >= 15 is 0 Å². The van der Waals surface area contributed by atoms with Crippen LogP contribution in [0.15, 0.2) is 18.2 Å². The van der Waals surface area contributed by atoms with Gasteiger partial charge in [0.25, 0.3) is 0 Å². The molecule has 0 aliphatic rings. The van der Waals surface area contributed by atoms with Gasteiger partial charge in [-0.05, 0) is 18.6 Å². The minimum absolute atomic E-state index is 0.151. The highest BCUT2D eigenvalue weighted by Crippen LogP contribution is 2.29. The van der Waals surface area contributed by atoms with Crippen LogP contribution in [0.1, 0.15) is 19.8 Å². The number of rotatable bonds is 9. The number of ether oxygens (including phenoxy) is 2. The summed E-state index contributed by atoms with van der Waals surface area (Å²) in [5.74, 6) is 0.410. The Bertz CT molecular complexity index is 506. The molecule has 22 heavy (non-hydrogen) atoms. The lowest BCUT2D eigenvalue weighted by atomic mass is 10.2. The Morgan fingerprint density at radius 2 is 2.05 bits per heavy atom. The molecule has 0 radical (unpaired) electrons. The van der Waals surface area contributed by atoms with Gasteiger partial charge in [-0.15, -0.1) is 0 Å². The second-order valence-electron chi connectivity index (χ2n) is 4.59. The van der Waals surface area contributed by atoms with Crippen LogP contribution >= 0.6 is 0 Å². The van der Waals surface area contributed by atoms with Crippen LogP contribution in [-0.2, 0) is 9.59 Å². The van der Waals surface area contributed by atoms with E-state index in [0.29, 0.717) is 23.8 Å². The number of anilines is 1. The van der Waals surface area contributed by atoms with Crippen molar-refractivity contribution in [2.45, 2.75) is 19.8 Å². The van der Waals surface area contributed by atoms with Gasteiger partial charge in [0.1, 0.15) is 11.5 Å². The van der Waals surface area contributed by atoms with Crippen molar-refractivity contribution >= 4 is 17.5 Å². The fourth-order valence-corrected chi connectivity index (χ4v) is 1.63. The zero-order valence-corrected chi connectivity index (χ0v) is 13.0. The maximum Gasteiger partial charge on any atom is 0.243 e. The highest BCUT2D eigenvalue weighted by molar-refractivity contribution is 5.96. The molecule has 7 heteroatoms.